The van der Waals surface area contributed by atoms with Crippen molar-refractivity contribution in [3.8, 4) is 5.75 Å². The number of fused-ring (bicyclic) bond motifs is 1. The van der Waals surface area contributed by atoms with Gasteiger partial charge in [-0.25, -0.2) is 9.18 Å². The maximum atomic E-state index is 13.7. The molecular formula is C30H33Cl2FN4O4. The van der Waals surface area contributed by atoms with Crippen molar-refractivity contribution in [2.75, 3.05) is 37.4 Å². The van der Waals surface area contributed by atoms with Gasteiger partial charge in [-0.05, 0) is 74.1 Å². The number of nitrogens with zero attached hydrogens (tertiary/aromatic N) is 2. The van der Waals surface area contributed by atoms with Crippen molar-refractivity contribution in [2.45, 2.75) is 32.5 Å². The van der Waals surface area contributed by atoms with Gasteiger partial charge in [0.15, 0.2) is 0 Å². The molecule has 0 aromatic heterocycles. The number of rotatable bonds is 8. The third kappa shape index (κ3) is 7.89. The van der Waals surface area contributed by atoms with Gasteiger partial charge in [0.1, 0.15) is 17.7 Å². The van der Waals surface area contributed by atoms with E-state index in [2.05, 4.69) is 15.5 Å². The normalized spacial score (nSPS) is 17.8. The van der Waals surface area contributed by atoms with Crippen LogP contribution in [0.3, 0.4) is 0 Å². The summed E-state index contributed by atoms with van der Waals surface area (Å²) in [6, 6.07) is 14.8. The molecule has 41 heavy (non-hydrogen) atoms. The molecule has 0 unspecified atom stereocenters. The molecule has 1 aliphatic heterocycles. The fourth-order valence-electron chi connectivity index (χ4n) is 4.67. The number of nitrogens with one attached hydrogen (secondary N) is 2. The van der Waals surface area contributed by atoms with Crippen molar-refractivity contribution in [3.63, 3.8) is 0 Å². The van der Waals surface area contributed by atoms with E-state index >= 15 is 0 Å². The van der Waals surface area contributed by atoms with Crippen molar-refractivity contribution in [2.24, 2.45) is 5.92 Å². The maximum Gasteiger partial charge on any atom is 0.323 e. The summed E-state index contributed by atoms with van der Waals surface area (Å²) in [6.45, 7) is 5.14. The molecular weight excluding hydrogens is 570 g/mol. The second kappa shape index (κ2) is 13.5. The third-order valence-electron chi connectivity index (χ3n) is 6.95. The van der Waals surface area contributed by atoms with E-state index in [0.29, 0.717) is 46.8 Å². The molecule has 3 N–H and O–H groups in total. The average molecular weight is 604 g/mol. The number of urea groups is 1. The van der Waals surface area contributed by atoms with E-state index in [1.165, 1.54) is 24.3 Å². The lowest BCUT2D eigenvalue weighted by Crippen LogP contribution is -2.49. The predicted molar refractivity (Wildman–Crippen MR) is 159 cm³/mol. The lowest BCUT2D eigenvalue weighted by atomic mass is 9.99. The summed E-state index contributed by atoms with van der Waals surface area (Å²) in [5, 5.41) is 16.2. The van der Waals surface area contributed by atoms with Crippen LogP contribution in [0.2, 0.25) is 10.0 Å². The molecule has 0 spiro atoms. The van der Waals surface area contributed by atoms with Gasteiger partial charge in [-0.1, -0.05) is 36.2 Å². The molecule has 3 aromatic rings. The zero-order valence-electron chi connectivity index (χ0n) is 23.0. The lowest BCUT2D eigenvalue weighted by Gasteiger charge is -2.38. The first kappa shape index (κ1) is 30.6. The predicted octanol–water partition coefficient (Wildman–Crippen LogP) is 6.13. The SMILES string of the molecule is C[C@H](CO)N1C[C@H](C)[C@@H](CN(C)Cc2ccc(Cl)c(Cl)c2)Oc2ccc(NC(=O)Nc3ccc(F)cc3)cc2C1=O. The molecule has 3 amide bonds. The van der Waals surface area contributed by atoms with Crippen molar-refractivity contribution in [1.82, 2.24) is 9.80 Å². The summed E-state index contributed by atoms with van der Waals surface area (Å²) in [4.78, 5) is 30.0. The smallest absolute Gasteiger partial charge is 0.323 e. The molecule has 4 rings (SSSR count). The number of carbonyl (C=O) groups is 2. The Morgan fingerprint density at radius 2 is 1.78 bits per heavy atom. The van der Waals surface area contributed by atoms with Crippen LogP contribution in [0.1, 0.15) is 29.8 Å². The van der Waals surface area contributed by atoms with E-state index in [1.54, 1.807) is 36.1 Å². The summed E-state index contributed by atoms with van der Waals surface area (Å²) < 4.78 is 19.6. The van der Waals surface area contributed by atoms with Crippen LogP contribution in [0.4, 0.5) is 20.6 Å². The first-order valence-corrected chi connectivity index (χ1v) is 14.0. The fraction of sp³-hybridized carbons (Fsp3) is 0.333. The summed E-state index contributed by atoms with van der Waals surface area (Å²) in [6.07, 6.45) is -0.288. The van der Waals surface area contributed by atoms with Crippen LogP contribution in [0.15, 0.2) is 60.7 Å². The van der Waals surface area contributed by atoms with Gasteiger partial charge < -0.3 is 25.4 Å². The van der Waals surface area contributed by atoms with Crippen LogP contribution in [0.5, 0.6) is 5.75 Å². The molecule has 0 fully saturated rings. The van der Waals surface area contributed by atoms with Crippen molar-refractivity contribution >= 4 is 46.5 Å². The molecule has 0 aliphatic carbocycles. The van der Waals surface area contributed by atoms with Gasteiger partial charge in [-0.15, -0.1) is 0 Å². The number of halogens is 3. The Kier molecular flexibility index (Phi) is 10.1. The molecule has 8 nitrogen and oxygen atoms in total. The number of aliphatic hydroxyl groups excluding tert-OH is 1. The number of anilines is 2. The van der Waals surface area contributed by atoms with Gasteiger partial charge in [0.05, 0.1) is 28.3 Å². The number of aliphatic hydroxyl groups is 1. The van der Waals surface area contributed by atoms with Gasteiger partial charge in [0.25, 0.3) is 5.91 Å². The molecule has 0 bridgehead atoms. The average Bonchev–Trinajstić information content (AvgIpc) is 2.93. The van der Waals surface area contributed by atoms with Crippen LogP contribution in [0.25, 0.3) is 0 Å². The van der Waals surface area contributed by atoms with Gasteiger partial charge in [0, 0.05) is 36.9 Å². The highest BCUT2D eigenvalue weighted by molar-refractivity contribution is 6.42. The Hall–Kier alpha value is -3.37. The van der Waals surface area contributed by atoms with E-state index in [1.807, 2.05) is 26.1 Å². The Morgan fingerprint density at radius 3 is 2.46 bits per heavy atom. The first-order valence-electron chi connectivity index (χ1n) is 13.2. The molecule has 0 saturated heterocycles. The number of carbonyl (C=O) groups excluding carboxylic acids is 2. The van der Waals surface area contributed by atoms with E-state index in [-0.39, 0.29) is 30.1 Å². The summed E-state index contributed by atoms with van der Waals surface area (Å²) in [7, 11) is 1.98. The van der Waals surface area contributed by atoms with Crippen molar-refractivity contribution in [3.05, 3.63) is 87.7 Å². The lowest BCUT2D eigenvalue weighted by molar-refractivity contribution is 0.0341. The van der Waals surface area contributed by atoms with E-state index in [0.717, 1.165) is 5.56 Å². The monoisotopic (exact) mass is 602 g/mol. The maximum absolute atomic E-state index is 13.7. The van der Waals surface area contributed by atoms with Gasteiger partial charge in [-0.2, -0.15) is 0 Å². The number of ether oxygens (including phenoxy) is 1. The number of hydrogen-bond acceptors (Lipinski definition) is 5. The zero-order chi connectivity index (χ0) is 29.7. The van der Waals surface area contributed by atoms with E-state index < -0.39 is 17.9 Å². The molecule has 1 aliphatic rings. The van der Waals surface area contributed by atoms with Crippen molar-refractivity contribution < 1.29 is 23.8 Å². The van der Waals surface area contributed by atoms with E-state index in [9.17, 15) is 19.1 Å². The third-order valence-corrected chi connectivity index (χ3v) is 7.69. The molecule has 0 saturated carbocycles. The highest BCUT2D eigenvalue weighted by Gasteiger charge is 2.33. The Bertz CT molecular complexity index is 1390. The Labute approximate surface area is 249 Å². The first-order chi connectivity index (χ1) is 19.5. The minimum Gasteiger partial charge on any atom is -0.488 e. The number of amides is 3. The van der Waals surface area contributed by atoms with Crippen LogP contribution in [-0.4, -0.2) is 65.7 Å². The zero-order valence-corrected chi connectivity index (χ0v) is 24.5. The Morgan fingerprint density at radius 1 is 1.10 bits per heavy atom. The second-order valence-corrected chi connectivity index (χ2v) is 11.2. The van der Waals surface area contributed by atoms with Gasteiger partial charge in [-0.3, -0.25) is 9.69 Å². The highest BCUT2D eigenvalue weighted by Crippen LogP contribution is 2.31. The standard InChI is InChI=1S/C30H33Cl2FN4O4/c1-18-14-37(19(2)17-38)29(39)24-13-23(35-30(40)34-22-7-5-21(33)6-8-22)9-11-27(24)41-28(18)16-36(3)15-20-4-10-25(31)26(32)12-20/h4-13,18-19,28,38H,14-17H2,1-3H3,(H2,34,35,40)/t18-,19+,28+/m0/s1. The number of benzene rings is 3. The fourth-order valence-corrected chi connectivity index (χ4v) is 4.99. The van der Waals surface area contributed by atoms with Crippen molar-refractivity contribution in [1.29, 1.82) is 0 Å². The highest BCUT2D eigenvalue weighted by atomic mass is 35.5. The minimum absolute atomic E-state index is 0.0587. The largest absolute Gasteiger partial charge is 0.488 e. The summed E-state index contributed by atoms with van der Waals surface area (Å²) in [5.74, 6) is -0.393. The molecule has 218 valence electrons. The second-order valence-electron chi connectivity index (χ2n) is 10.4. The van der Waals surface area contributed by atoms with Gasteiger partial charge >= 0.3 is 6.03 Å². The summed E-state index contributed by atoms with van der Waals surface area (Å²) >= 11 is 12.3. The van der Waals surface area contributed by atoms with Crippen LogP contribution < -0.4 is 15.4 Å². The minimum atomic E-state index is -0.549. The summed E-state index contributed by atoms with van der Waals surface area (Å²) in [5.41, 5.74) is 2.06. The molecule has 0 radical (unpaired) electrons. The molecule has 11 heteroatoms. The van der Waals surface area contributed by atoms with E-state index in [4.69, 9.17) is 27.9 Å². The topological polar surface area (TPSA) is 94.1 Å². The molecule has 1 heterocycles. The number of likely N-dealkylation sites (N-methyl/N-ethyl adjacent to an activating group) is 1. The molecule has 3 atom stereocenters. The van der Waals surface area contributed by atoms with Gasteiger partial charge in [0.2, 0.25) is 0 Å². The molecule has 3 aromatic carbocycles. The Balaban J connectivity index is 1.55. The van der Waals surface area contributed by atoms with Crippen LogP contribution >= 0.6 is 23.2 Å². The quantitative estimate of drug-likeness (QED) is 0.288. The van der Waals surface area contributed by atoms with Crippen LogP contribution in [-0.2, 0) is 6.54 Å². The van der Waals surface area contributed by atoms with Crippen LogP contribution in [0, 0.1) is 11.7 Å². The number of hydrogen-bond donors (Lipinski definition) is 3.